The Morgan fingerprint density at radius 3 is 2.31 bits per heavy atom. The fourth-order valence-electron chi connectivity index (χ4n) is 1.20. The lowest BCUT2D eigenvalue weighted by Gasteiger charge is -2.03. The zero-order valence-electron chi connectivity index (χ0n) is 7.88. The molecule has 1 aromatic rings. The minimum Gasteiger partial charge on any atom is -0.295 e. The first-order chi connectivity index (χ1) is 6.09. The van der Waals surface area contributed by atoms with Crippen molar-refractivity contribution in [2.45, 2.75) is 25.6 Å². The Hall–Kier alpha value is -0.820. The van der Waals surface area contributed by atoms with Gasteiger partial charge in [0, 0.05) is 10.9 Å². The molecule has 0 saturated heterocycles. The highest BCUT2D eigenvalue weighted by molar-refractivity contribution is 6.20. The second kappa shape index (κ2) is 4.43. The number of hydrogen-bond donors (Lipinski definition) is 0. The van der Waals surface area contributed by atoms with E-state index in [4.69, 9.17) is 11.6 Å². The van der Waals surface area contributed by atoms with Crippen molar-refractivity contribution in [2.75, 3.05) is 0 Å². The van der Waals surface area contributed by atoms with Crippen LogP contribution in [-0.2, 0) is 6.42 Å². The fourth-order valence-corrected chi connectivity index (χ4v) is 1.38. The summed E-state index contributed by atoms with van der Waals surface area (Å²) in [5.74, 6) is 0.102. The van der Waals surface area contributed by atoms with Gasteiger partial charge in [-0.15, -0.1) is 11.6 Å². The lowest BCUT2D eigenvalue weighted by atomic mass is 10.1. The van der Waals surface area contributed by atoms with Gasteiger partial charge in [0.1, 0.15) is 0 Å². The van der Waals surface area contributed by atoms with Crippen LogP contribution >= 0.6 is 11.6 Å². The van der Waals surface area contributed by atoms with Crippen LogP contribution in [0, 0.1) is 0 Å². The minimum atomic E-state index is 0.102. The third kappa shape index (κ3) is 3.19. The van der Waals surface area contributed by atoms with Crippen LogP contribution in [0.4, 0.5) is 0 Å². The first-order valence-corrected chi connectivity index (χ1v) is 4.77. The maximum Gasteiger partial charge on any atom is 0.159 e. The van der Waals surface area contributed by atoms with E-state index in [-0.39, 0.29) is 11.2 Å². The Labute approximate surface area is 83.7 Å². The average Bonchev–Trinajstić information content (AvgIpc) is 2.04. The molecule has 0 aliphatic rings. The second-order valence-electron chi connectivity index (χ2n) is 3.24. The lowest BCUT2D eigenvalue weighted by Crippen LogP contribution is -1.98. The molecule has 1 aromatic carbocycles. The highest BCUT2D eigenvalue weighted by Gasteiger charge is 2.01. The molecule has 0 radical (unpaired) electrons. The number of benzene rings is 1. The zero-order valence-corrected chi connectivity index (χ0v) is 8.64. The van der Waals surface area contributed by atoms with Crippen molar-refractivity contribution in [2.24, 2.45) is 0 Å². The van der Waals surface area contributed by atoms with Crippen molar-refractivity contribution in [3.8, 4) is 0 Å². The summed E-state index contributed by atoms with van der Waals surface area (Å²) >= 11 is 5.85. The maximum atomic E-state index is 11.0. The predicted molar refractivity (Wildman–Crippen MR) is 55.5 cm³/mol. The molecular formula is C11H13ClO. The highest BCUT2D eigenvalue weighted by Crippen LogP contribution is 2.09. The van der Waals surface area contributed by atoms with Crippen molar-refractivity contribution in [1.82, 2.24) is 0 Å². The van der Waals surface area contributed by atoms with Crippen LogP contribution in [-0.4, -0.2) is 11.2 Å². The van der Waals surface area contributed by atoms with Gasteiger partial charge < -0.3 is 0 Å². The average molecular weight is 197 g/mol. The third-order valence-corrected chi connectivity index (χ3v) is 2.03. The van der Waals surface area contributed by atoms with E-state index in [2.05, 4.69) is 0 Å². The smallest absolute Gasteiger partial charge is 0.159 e. The van der Waals surface area contributed by atoms with Crippen LogP contribution in [0.5, 0.6) is 0 Å². The van der Waals surface area contributed by atoms with Crippen LogP contribution in [0.15, 0.2) is 24.3 Å². The van der Waals surface area contributed by atoms with E-state index < -0.39 is 0 Å². The number of rotatable bonds is 3. The molecule has 1 unspecified atom stereocenters. The monoisotopic (exact) mass is 196 g/mol. The highest BCUT2D eigenvalue weighted by atomic mass is 35.5. The van der Waals surface area contributed by atoms with Crippen LogP contribution in [0.1, 0.15) is 29.8 Å². The minimum absolute atomic E-state index is 0.102. The Bertz CT molecular complexity index is 287. The summed E-state index contributed by atoms with van der Waals surface area (Å²) in [5.41, 5.74) is 1.93. The van der Waals surface area contributed by atoms with Crippen molar-refractivity contribution in [3.63, 3.8) is 0 Å². The van der Waals surface area contributed by atoms with E-state index in [0.717, 1.165) is 12.0 Å². The molecule has 1 atom stereocenters. The SMILES string of the molecule is CC(=O)c1ccc(CC(C)Cl)cc1. The maximum absolute atomic E-state index is 11.0. The van der Waals surface area contributed by atoms with E-state index in [1.54, 1.807) is 6.92 Å². The van der Waals surface area contributed by atoms with Crippen LogP contribution in [0.25, 0.3) is 0 Å². The summed E-state index contributed by atoms with van der Waals surface area (Å²) in [5, 5.41) is 0.142. The molecule has 0 aliphatic heterocycles. The van der Waals surface area contributed by atoms with E-state index in [1.807, 2.05) is 31.2 Å². The number of carbonyl (C=O) groups is 1. The molecule has 70 valence electrons. The summed E-state index contributed by atoms with van der Waals surface area (Å²) in [6, 6.07) is 7.60. The number of ketones is 1. The van der Waals surface area contributed by atoms with Crippen molar-refractivity contribution < 1.29 is 4.79 Å². The first-order valence-electron chi connectivity index (χ1n) is 4.33. The van der Waals surface area contributed by atoms with Crippen molar-refractivity contribution in [3.05, 3.63) is 35.4 Å². The normalized spacial score (nSPS) is 12.5. The van der Waals surface area contributed by atoms with E-state index in [9.17, 15) is 4.79 Å². The molecule has 13 heavy (non-hydrogen) atoms. The van der Waals surface area contributed by atoms with E-state index >= 15 is 0 Å². The van der Waals surface area contributed by atoms with Gasteiger partial charge in [0.2, 0.25) is 0 Å². The summed E-state index contributed by atoms with van der Waals surface area (Å²) in [4.78, 5) is 11.0. The fraction of sp³-hybridized carbons (Fsp3) is 0.364. The van der Waals surface area contributed by atoms with Gasteiger partial charge >= 0.3 is 0 Å². The molecule has 0 heterocycles. The molecule has 0 N–H and O–H groups in total. The Balaban J connectivity index is 2.75. The zero-order chi connectivity index (χ0) is 9.84. The van der Waals surface area contributed by atoms with Gasteiger partial charge in [0.25, 0.3) is 0 Å². The van der Waals surface area contributed by atoms with Gasteiger partial charge in [-0.25, -0.2) is 0 Å². The quantitative estimate of drug-likeness (QED) is 0.537. The molecule has 0 aliphatic carbocycles. The van der Waals surface area contributed by atoms with Gasteiger partial charge in [-0.3, -0.25) is 4.79 Å². The van der Waals surface area contributed by atoms with Gasteiger partial charge in [-0.1, -0.05) is 24.3 Å². The molecule has 1 nitrogen and oxygen atoms in total. The van der Waals surface area contributed by atoms with Crippen LogP contribution < -0.4 is 0 Å². The number of alkyl halides is 1. The number of Topliss-reactive ketones (excluding diaryl/α,β-unsaturated/α-hetero) is 1. The van der Waals surface area contributed by atoms with Crippen molar-refractivity contribution in [1.29, 1.82) is 0 Å². The summed E-state index contributed by atoms with van der Waals surface area (Å²) in [6.07, 6.45) is 0.847. The van der Waals surface area contributed by atoms with E-state index in [0.29, 0.717) is 0 Å². The second-order valence-corrected chi connectivity index (χ2v) is 3.98. The molecule has 0 fully saturated rings. The Kier molecular flexibility index (Phi) is 3.49. The Morgan fingerprint density at radius 2 is 1.92 bits per heavy atom. The van der Waals surface area contributed by atoms with Gasteiger partial charge in [-0.2, -0.15) is 0 Å². The number of carbonyl (C=O) groups excluding carboxylic acids is 1. The molecule has 0 amide bonds. The third-order valence-electron chi connectivity index (χ3n) is 1.88. The molecule has 0 saturated carbocycles. The van der Waals surface area contributed by atoms with E-state index in [1.165, 1.54) is 5.56 Å². The number of hydrogen-bond acceptors (Lipinski definition) is 1. The molecule has 2 heteroatoms. The standard InChI is InChI=1S/C11H13ClO/c1-8(12)7-10-3-5-11(6-4-10)9(2)13/h3-6,8H,7H2,1-2H3. The van der Waals surface area contributed by atoms with Crippen LogP contribution in [0.2, 0.25) is 0 Å². The topological polar surface area (TPSA) is 17.1 Å². The molecule has 1 rings (SSSR count). The molecular weight excluding hydrogens is 184 g/mol. The van der Waals surface area contributed by atoms with Gasteiger partial charge in [0.15, 0.2) is 5.78 Å². The number of halogens is 1. The predicted octanol–water partition coefficient (Wildman–Crippen LogP) is 3.06. The Morgan fingerprint density at radius 1 is 1.38 bits per heavy atom. The van der Waals surface area contributed by atoms with Gasteiger partial charge in [0.05, 0.1) is 0 Å². The van der Waals surface area contributed by atoms with Gasteiger partial charge in [-0.05, 0) is 25.8 Å². The first kappa shape index (κ1) is 10.3. The molecule has 0 spiro atoms. The van der Waals surface area contributed by atoms with Crippen molar-refractivity contribution >= 4 is 17.4 Å². The molecule has 0 bridgehead atoms. The summed E-state index contributed by atoms with van der Waals surface area (Å²) < 4.78 is 0. The summed E-state index contributed by atoms with van der Waals surface area (Å²) in [7, 11) is 0. The van der Waals surface area contributed by atoms with Crippen LogP contribution in [0.3, 0.4) is 0 Å². The lowest BCUT2D eigenvalue weighted by molar-refractivity contribution is 0.101. The summed E-state index contributed by atoms with van der Waals surface area (Å²) in [6.45, 7) is 3.53. The largest absolute Gasteiger partial charge is 0.295 e. The molecule has 0 aromatic heterocycles.